The maximum absolute atomic E-state index is 5.38. The molecule has 12 rings (SSSR count). The first-order valence-corrected chi connectivity index (χ1v) is 19.3. The van der Waals surface area contributed by atoms with Gasteiger partial charge in [-0.1, -0.05) is 146 Å². The fourth-order valence-corrected chi connectivity index (χ4v) is 8.98. The van der Waals surface area contributed by atoms with Crippen LogP contribution >= 0.6 is 0 Å². The maximum Gasteiger partial charge on any atom is 0.235 e. The molecule has 0 spiro atoms. The van der Waals surface area contributed by atoms with Crippen LogP contribution in [0.3, 0.4) is 0 Å². The van der Waals surface area contributed by atoms with Crippen LogP contribution < -0.4 is 0 Å². The van der Waals surface area contributed by atoms with Crippen LogP contribution in [0, 0.1) is 0 Å². The topological polar surface area (TPSA) is 40.6 Å². The molecule has 5 nitrogen and oxygen atoms in total. The van der Waals surface area contributed by atoms with Gasteiger partial charge < -0.3 is 9.13 Å². The van der Waals surface area contributed by atoms with Gasteiger partial charge in [-0.2, -0.15) is 0 Å². The normalized spacial score (nSPS) is 11.9. The molecule has 0 aliphatic heterocycles. The van der Waals surface area contributed by atoms with E-state index in [2.05, 4.69) is 202 Å². The van der Waals surface area contributed by atoms with Crippen LogP contribution in [0.15, 0.2) is 200 Å². The van der Waals surface area contributed by atoms with E-state index >= 15 is 0 Å². The van der Waals surface area contributed by atoms with E-state index in [0.29, 0.717) is 5.95 Å². The van der Waals surface area contributed by atoms with E-state index in [9.17, 15) is 0 Å². The van der Waals surface area contributed by atoms with E-state index in [-0.39, 0.29) is 0 Å². The lowest BCUT2D eigenvalue weighted by molar-refractivity contribution is 0.995. The van der Waals surface area contributed by atoms with Gasteiger partial charge in [-0.3, -0.25) is 4.57 Å². The van der Waals surface area contributed by atoms with Gasteiger partial charge in [-0.15, -0.1) is 0 Å². The Morgan fingerprint density at radius 3 is 1.30 bits per heavy atom. The molecule has 0 N–H and O–H groups in total. The zero-order chi connectivity index (χ0) is 37.5. The minimum absolute atomic E-state index is 0.629. The summed E-state index contributed by atoms with van der Waals surface area (Å²) in [7, 11) is 0. The van der Waals surface area contributed by atoms with E-state index in [0.717, 1.165) is 72.1 Å². The predicted molar refractivity (Wildman–Crippen MR) is 236 cm³/mol. The highest BCUT2D eigenvalue weighted by Gasteiger charge is 2.24. The van der Waals surface area contributed by atoms with Crippen molar-refractivity contribution in [2.24, 2.45) is 0 Å². The number of nitrogens with zero attached hydrogens (tertiary/aromatic N) is 5. The van der Waals surface area contributed by atoms with E-state index in [4.69, 9.17) is 9.97 Å². The summed E-state index contributed by atoms with van der Waals surface area (Å²) < 4.78 is 7.12. The van der Waals surface area contributed by atoms with Crippen LogP contribution in [0.2, 0.25) is 0 Å². The molecule has 0 bridgehead atoms. The van der Waals surface area contributed by atoms with Crippen LogP contribution in [0.4, 0.5) is 0 Å². The first-order chi connectivity index (χ1) is 28.3. The third-order valence-electron chi connectivity index (χ3n) is 11.5. The van der Waals surface area contributed by atoms with E-state index < -0.39 is 0 Å². The summed E-state index contributed by atoms with van der Waals surface area (Å²) >= 11 is 0. The molecule has 0 radical (unpaired) electrons. The number of fused-ring (bicyclic) bond motifs is 10. The predicted octanol–water partition coefficient (Wildman–Crippen LogP) is 13.1. The van der Waals surface area contributed by atoms with Crippen molar-refractivity contribution in [3.63, 3.8) is 0 Å². The molecule has 0 fully saturated rings. The molecule has 5 heteroatoms. The highest BCUT2D eigenvalue weighted by atomic mass is 15.2. The number of aromatic nitrogens is 5. The van der Waals surface area contributed by atoms with Crippen molar-refractivity contribution < 1.29 is 0 Å². The Morgan fingerprint density at radius 1 is 0.281 bits per heavy atom. The van der Waals surface area contributed by atoms with Gasteiger partial charge in [0.1, 0.15) is 0 Å². The SMILES string of the molecule is c1ccc(-c2cc(-c3ccccc3)nc(-n3c4ccccc4c4ccc5c6cc(-n7c8ccccc8c8ccccc87)ccc6n(-c6ccccc6)c5c43)n2)cc1. The maximum atomic E-state index is 5.38. The lowest BCUT2D eigenvalue weighted by Crippen LogP contribution is -2.05. The minimum Gasteiger partial charge on any atom is -0.309 e. The Balaban J connectivity index is 1.22. The fourth-order valence-electron chi connectivity index (χ4n) is 8.98. The molecule has 12 aromatic rings. The quantitative estimate of drug-likeness (QED) is 0.177. The first kappa shape index (κ1) is 31.6. The lowest BCUT2D eigenvalue weighted by atomic mass is 10.1. The summed E-state index contributed by atoms with van der Waals surface area (Å²) in [6.45, 7) is 0. The van der Waals surface area contributed by atoms with Gasteiger partial charge in [0.2, 0.25) is 5.95 Å². The molecule has 0 aliphatic carbocycles. The van der Waals surface area contributed by atoms with Gasteiger partial charge in [0.05, 0.1) is 44.5 Å². The molecule has 4 aromatic heterocycles. The van der Waals surface area contributed by atoms with Crippen LogP contribution in [0.1, 0.15) is 0 Å². The second-order valence-electron chi connectivity index (χ2n) is 14.6. The third kappa shape index (κ3) is 4.76. The summed E-state index contributed by atoms with van der Waals surface area (Å²) in [6, 6.07) is 71.2. The average molecular weight is 728 g/mol. The number of hydrogen-bond donors (Lipinski definition) is 0. The summed E-state index contributed by atoms with van der Waals surface area (Å²) in [4.78, 5) is 10.8. The molecule has 0 unspecified atom stereocenters. The summed E-state index contributed by atoms with van der Waals surface area (Å²) in [5, 5.41) is 7.14. The summed E-state index contributed by atoms with van der Waals surface area (Å²) in [5.74, 6) is 0.629. The van der Waals surface area contributed by atoms with Crippen LogP contribution in [0.25, 0.3) is 105 Å². The van der Waals surface area contributed by atoms with Crippen molar-refractivity contribution in [3.05, 3.63) is 200 Å². The number of para-hydroxylation sites is 4. The molecule has 0 atom stereocenters. The van der Waals surface area contributed by atoms with Crippen LogP contribution in [0.5, 0.6) is 0 Å². The Labute approximate surface area is 328 Å². The van der Waals surface area contributed by atoms with Crippen molar-refractivity contribution in [1.29, 1.82) is 0 Å². The Hall–Kier alpha value is -7.76. The average Bonchev–Trinajstić information content (AvgIpc) is 3.93. The Bertz CT molecular complexity index is 3390. The highest BCUT2D eigenvalue weighted by Crippen LogP contribution is 2.43. The zero-order valence-corrected chi connectivity index (χ0v) is 30.8. The highest BCUT2D eigenvalue weighted by molar-refractivity contribution is 6.24. The van der Waals surface area contributed by atoms with Crippen LogP contribution in [-0.4, -0.2) is 23.7 Å². The third-order valence-corrected chi connectivity index (χ3v) is 11.5. The smallest absolute Gasteiger partial charge is 0.235 e. The van der Waals surface area contributed by atoms with Crippen molar-refractivity contribution in [3.8, 4) is 39.8 Å². The Morgan fingerprint density at radius 2 is 0.719 bits per heavy atom. The van der Waals surface area contributed by atoms with Gasteiger partial charge in [0, 0.05) is 54.8 Å². The second kappa shape index (κ2) is 12.4. The van der Waals surface area contributed by atoms with Crippen molar-refractivity contribution >= 4 is 65.4 Å². The molecule has 0 amide bonds. The summed E-state index contributed by atoms with van der Waals surface area (Å²) in [6.07, 6.45) is 0. The second-order valence-corrected chi connectivity index (χ2v) is 14.6. The molecule has 266 valence electrons. The van der Waals surface area contributed by atoms with Crippen LogP contribution in [-0.2, 0) is 0 Å². The van der Waals surface area contributed by atoms with Crippen molar-refractivity contribution in [2.45, 2.75) is 0 Å². The standard InChI is InChI=1S/C52H33N5/c1-4-16-34(17-5-1)44-33-45(35-18-6-2-7-19-35)54-52(53-44)57-48-27-15-12-24-40(48)41-29-30-42-43-32-37(55-46-25-13-10-22-38(46)39-23-11-14-26-47(39)55)28-31-49(43)56(50(42)51(41)57)36-20-8-3-9-21-36/h1-33H. The molecule has 8 aromatic carbocycles. The van der Waals surface area contributed by atoms with Crippen molar-refractivity contribution in [1.82, 2.24) is 23.7 Å². The molecule has 0 saturated carbocycles. The van der Waals surface area contributed by atoms with Gasteiger partial charge in [-0.25, -0.2) is 9.97 Å². The summed E-state index contributed by atoms with van der Waals surface area (Å²) in [5.41, 5.74) is 12.8. The lowest BCUT2D eigenvalue weighted by Gasteiger charge is -2.14. The zero-order valence-electron chi connectivity index (χ0n) is 30.8. The molecular weight excluding hydrogens is 695 g/mol. The van der Waals surface area contributed by atoms with E-state index in [1.165, 1.54) is 27.2 Å². The minimum atomic E-state index is 0.629. The molecule has 57 heavy (non-hydrogen) atoms. The van der Waals surface area contributed by atoms with Gasteiger partial charge >= 0.3 is 0 Å². The van der Waals surface area contributed by atoms with Gasteiger partial charge in [0.25, 0.3) is 0 Å². The fraction of sp³-hybridized carbons (Fsp3) is 0. The molecule has 0 saturated heterocycles. The first-order valence-electron chi connectivity index (χ1n) is 19.3. The number of benzene rings is 8. The molecule has 4 heterocycles. The largest absolute Gasteiger partial charge is 0.309 e. The van der Waals surface area contributed by atoms with Crippen molar-refractivity contribution in [2.75, 3.05) is 0 Å². The van der Waals surface area contributed by atoms with Gasteiger partial charge in [0.15, 0.2) is 0 Å². The monoisotopic (exact) mass is 727 g/mol. The number of hydrogen-bond acceptors (Lipinski definition) is 2. The van der Waals surface area contributed by atoms with E-state index in [1.54, 1.807) is 0 Å². The molecular formula is C52H33N5. The van der Waals surface area contributed by atoms with E-state index in [1.807, 2.05) is 12.1 Å². The Kier molecular flexibility index (Phi) is 6.86. The molecule has 0 aliphatic rings. The van der Waals surface area contributed by atoms with Gasteiger partial charge in [-0.05, 0) is 54.6 Å². The number of rotatable bonds is 5.